The number of rotatable bonds is 4. The zero-order valence-corrected chi connectivity index (χ0v) is 11.7. The molecule has 2 N–H and O–H groups in total. The van der Waals surface area contributed by atoms with Gasteiger partial charge in [-0.05, 0) is 18.2 Å². The Morgan fingerprint density at radius 1 is 1.15 bits per heavy atom. The fraction of sp³-hybridized carbons (Fsp3) is 0.200. The number of hydrogen-bond acceptors (Lipinski definition) is 2. The van der Waals surface area contributed by atoms with Gasteiger partial charge in [-0.15, -0.1) is 0 Å². The second-order valence-electron chi connectivity index (χ2n) is 4.63. The largest absolute Gasteiger partial charge is 0.397 e. The monoisotopic (exact) mass is 296 g/mol. The van der Waals surface area contributed by atoms with Crippen molar-refractivity contribution in [2.24, 2.45) is 0 Å². The second-order valence-corrected chi connectivity index (χ2v) is 5.07. The molecule has 2 nitrogen and oxygen atoms in total. The molecule has 0 saturated carbocycles. The molecule has 2 aromatic rings. The maximum Gasteiger partial charge on any atom is 0.290 e. The summed E-state index contributed by atoms with van der Waals surface area (Å²) in [5.74, 6) is -2.97. The summed E-state index contributed by atoms with van der Waals surface area (Å²) in [6, 6.07) is 12.5. The van der Waals surface area contributed by atoms with Crippen LogP contribution in [-0.2, 0) is 5.92 Å². The van der Waals surface area contributed by atoms with Crippen molar-refractivity contribution in [3.63, 3.8) is 0 Å². The van der Waals surface area contributed by atoms with Crippen molar-refractivity contribution in [3.05, 3.63) is 59.1 Å². The molecule has 0 bridgehead atoms. The van der Waals surface area contributed by atoms with Gasteiger partial charge in [0.15, 0.2) is 0 Å². The van der Waals surface area contributed by atoms with Gasteiger partial charge in [0.25, 0.3) is 5.92 Å². The minimum atomic E-state index is -2.97. The van der Waals surface area contributed by atoms with Crippen LogP contribution in [0.5, 0.6) is 0 Å². The molecule has 0 aliphatic rings. The molecule has 5 heteroatoms. The summed E-state index contributed by atoms with van der Waals surface area (Å²) in [6.07, 6.45) is 0. The first-order valence-electron chi connectivity index (χ1n) is 6.09. The highest BCUT2D eigenvalue weighted by Crippen LogP contribution is 2.32. The number of benzene rings is 2. The molecular weight excluding hydrogens is 282 g/mol. The van der Waals surface area contributed by atoms with Gasteiger partial charge in [-0.3, -0.25) is 0 Å². The van der Waals surface area contributed by atoms with Crippen molar-refractivity contribution in [3.8, 4) is 0 Å². The van der Waals surface area contributed by atoms with E-state index < -0.39 is 12.5 Å². The zero-order chi connectivity index (χ0) is 14.8. The first-order valence-corrected chi connectivity index (χ1v) is 6.47. The van der Waals surface area contributed by atoms with Crippen molar-refractivity contribution in [2.45, 2.75) is 5.92 Å². The van der Waals surface area contributed by atoms with Crippen LogP contribution >= 0.6 is 11.6 Å². The Kier molecular flexibility index (Phi) is 4.14. The predicted octanol–water partition coefficient (Wildman–Crippen LogP) is 4.15. The zero-order valence-electron chi connectivity index (χ0n) is 11.0. The average molecular weight is 297 g/mol. The van der Waals surface area contributed by atoms with Crippen LogP contribution < -0.4 is 10.6 Å². The van der Waals surface area contributed by atoms with Crippen molar-refractivity contribution >= 4 is 23.0 Å². The third-order valence-corrected chi connectivity index (χ3v) is 3.27. The van der Waals surface area contributed by atoms with E-state index in [-0.39, 0.29) is 5.56 Å². The average Bonchev–Trinajstić information content (AvgIpc) is 2.42. The summed E-state index contributed by atoms with van der Waals surface area (Å²) in [5, 5.41) is 0.462. The lowest BCUT2D eigenvalue weighted by molar-refractivity contribution is 0.00502. The van der Waals surface area contributed by atoms with Crippen LogP contribution in [0.2, 0.25) is 5.02 Å². The lowest BCUT2D eigenvalue weighted by atomic mass is 10.1. The molecule has 20 heavy (non-hydrogen) atoms. The van der Waals surface area contributed by atoms with Crippen molar-refractivity contribution in [1.29, 1.82) is 0 Å². The molecule has 0 unspecified atom stereocenters. The molecule has 0 aliphatic heterocycles. The maximum atomic E-state index is 14.2. The number of hydrogen-bond donors (Lipinski definition) is 1. The van der Waals surface area contributed by atoms with Crippen LogP contribution in [0, 0.1) is 0 Å². The minimum Gasteiger partial charge on any atom is -0.397 e. The SMILES string of the molecule is CN(CC(F)(F)c1ccccc1)c1cc(Cl)ccc1N. The molecule has 0 atom stereocenters. The minimum absolute atomic E-state index is 0.0209. The van der Waals surface area contributed by atoms with Crippen LogP contribution in [-0.4, -0.2) is 13.6 Å². The normalized spacial score (nSPS) is 11.4. The first-order chi connectivity index (χ1) is 9.40. The van der Waals surface area contributed by atoms with Crippen LogP contribution in [0.25, 0.3) is 0 Å². The summed E-state index contributed by atoms with van der Waals surface area (Å²) >= 11 is 5.88. The highest BCUT2D eigenvalue weighted by atomic mass is 35.5. The molecule has 2 aromatic carbocycles. The number of alkyl halides is 2. The third kappa shape index (κ3) is 3.20. The predicted molar refractivity (Wildman–Crippen MR) is 79.5 cm³/mol. The van der Waals surface area contributed by atoms with Crippen LogP contribution in [0.4, 0.5) is 20.2 Å². The van der Waals surface area contributed by atoms with E-state index in [0.717, 1.165) is 0 Å². The lowest BCUT2D eigenvalue weighted by Crippen LogP contribution is -2.32. The molecule has 0 radical (unpaired) electrons. The van der Waals surface area contributed by atoms with Gasteiger partial charge in [0, 0.05) is 17.6 Å². The molecule has 0 aliphatic carbocycles. The third-order valence-electron chi connectivity index (χ3n) is 3.04. The number of halogens is 3. The van der Waals surface area contributed by atoms with E-state index >= 15 is 0 Å². The van der Waals surface area contributed by atoms with Gasteiger partial charge in [0.1, 0.15) is 0 Å². The van der Waals surface area contributed by atoms with Crippen LogP contribution in [0.1, 0.15) is 5.56 Å². The number of nitrogens with two attached hydrogens (primary N) is 1. The van der Waals surface area contributed by atoms with Gasteiger partial charge in [-0.25, -0.2) is 0 Å². The molecule has 0 saturated heterocycles. The number of anilines is 2. The summed E-state index contributed by atoms with van der Waals surface area (Å²) in [5.41, 5.74) is 6.69. The maximum absolute atomic E-state index is 14.2. The Morgan fingerprint density at radius 2 is 1.80 bits per heavy atom. The van der Waals surface area contributed by atoms with E-state index in [4.69, 9.17) is 17.3 Å². The van der Waals surface area contributed by atoms with E-state index in [1.165, 1.54) is 17.0 Å². The quantitative estimate of drug-likeness (QED) is 0.859. The standard InChI is InChI=1S/C15H15ClF2N2/c1-20(14-9-12(16)7-8-13(14)19)10-15(17,18)11-5-3-2-4-6-11/h2-9H,10,19H2,1H3. The molecule has 0 spiro atoms. The molecule has 2 rings (SSSR count). The number of likely N-dealkylation sites (N-methyl/N-ethyl adjacent to an activating group) is 1. The molecule has 0 aromatic heterocycles. The number of nitrogen functional groups attached to an aromatic ring is 1. The van der Waals surface area contributed by atoms with E-state index in [2.05, 4.69) is 0 Å². The van der Waals surface area contributed by atoms with Gasteiger partial charge < -0.3 is 10.6 Å². The van der Waals surface area contributed by atoms with E-state index in [1.807, 2.05) is 0 Å². The highest BCUT2D eigenvalue weighted by Gasteiger charge is 2.33. The first kappa shape index (κ1) is 14.6. The van der Waals surface area contributed by atoms with E-state index in [9.17, 15) is 8.78 Å². The Hall–Kier alpha value is -1.81. The lowest BCUT2D eigenvalue weighted by Gasteiger charge is -2.27. The topological polar surface area (TPSA) is 29.3 Å². The second kappa shape index (κ2) is 5.67. The summed E-state index contributed by atoms with van der Waals surface area (Å²) < 4.78 is 28.4. The van der Waals surface area contributed by atoms with Gasteiger partial charge in [0.2, 0.25) is 0 Å². The Balaban J connectivity index is 2.23. The molecular formula is C15H15ClF2N2. The molecule has 106 valence electrons. The van der Waals surface area contributed by atoms with Crippen molar-refractivity contribution in [2.75, 3.05) is 24.2 Å². The van der Waals surface area contributed by atoms with Gasteiger partial charge in [0.05, 0.1) is 17.9 Å². The fourth-order valence-corrected chi connectivity index (χ4v) is 2.17. The fourth-order valence-electron chi connectivity index (χ4n) is 2.00. The van der Waals surface area contributed by atoms with Crippen LogP contribution in [0.15, 0.2) is 48.5 Å². The van der Waals surface area contributed by atoms with Gasteiger partial charge in [-0.1, -0.05) is 41.9 Å². The van der Waals surface area contributed by atoms with E-state index in [0.29, 0.717) is 16.4 Å². The van der Waals surface area contributed by atoms with Gasteiger partial charge in [-0.2, -0.15) is 8.78 Å². The summed E-state index contributed by atoms with van der Waals surface area (Å²) in [4.78, 5) is 1.41. The Labute approximate surface area is 121 Å². The Morgan fingerprint density at radius 3 is 2.45 bits per heavy atom. The molecule has 0 amide bonds. The smallest absolute Gasteiger partial charge is 0.290 e. The van der Waals surface area contributed by atoms with Crippen molar-refractivity contribution in [1.82, 2.24) is 0 Å². The molecule has 0 heterocycles. The Bertz CT molecular complexity index is 588. The molecule has 0 fully saturated rings. The summed E-state index contributed by atoms with van der Waals surface area (Å²) in [7, 11) is 1.57. The van der Waals surface area contributed by atoms with Crippen molar-refractivity contribution < 1.29 is 8.78 Å². The van der Waals surface area contributed by atoms with E-state index in [1.54, 1.807) is 43.4 Å². The van der Waals surface area contributed by atoms with Crippen LogP contribution in [0.3, 0.4) is 0 Å². The number of nitrogens with zero attached hydrogens (tertiary/aromatic N) is 1. The van der Waals surface area contributed by atoms with Gasteiger partial charge >= 0.3 is 0 Å². The highest BCUT2D eigenvalue weighted by molar-refractivity contribution is 6.31. The summed E-state index contributed by atoms with van der Waals surface area (Å²) in [6.45, 7) is -0.471.